The average Bonchev–Trinajstić information content (AvgIpc) is 2.30. The Hall–Kier alpha value is -0.610. The van der Waals surface area contributed by atoms with Crippen molar-refractivity contribution >= 4 is 15.9 Å². The summed E-state index contributed by atoms with van der Waals surface area (Å²) in [5.41, 5.74) is 6.58. The summed E-state index contributed by atoms with van der Waals surface area (Å²) in [5.74, 6) is 0.669. The Morgan fingerprint density at radius 3 is 2.88 bits per heavy atom. The van der Waals surface area contributed by atoms with Crippen LogP contribution >= 0.6 is 15.9 Å². The Morgan fingerprint density at radius 1 is 1.38 bits per heavy atom. The molecule has 0 atom stereocenters. The van der Waals surface area contributed by atoms with E-state index in [9.17, 15) is 0 Å². The monoisotopic (exact) mass is 286 g/mol. The third-order valence-electron chi connectivity index (χ3n) is 2.35. The molecule has 0 amide bonds. The summed E-state index contributed by atoms with van der Waals surface area (Å²) in [6.07, 6.45) is 6.53. The van der Waals surface area contributed by atoms with Gasteiger partial charge in [-0.15, -0.1) is 0 Å². The Balaban J connectivity index is 2.41. The van der Waals surface area contributed by atoms with Gasteiger partial charge in [0.25, 0.3) is 0 Å². The van der Waals surface area contributed by atoms with E-state index in [1.54, 1.807) is 6.20 Å². The molecular weight excluding hydrogens is 268 g/mol. The van der Waals surface area contributed by atoms with Crippen LogP contribution in [0.3, 0.4) is 0 Å². The molecule has 1 rings (SSSR count). The van der Waals surface area contributed by atoms with Crippen LogP contribution in [0.15, 0.2) is 16.7 Å². The molecule has 0 aliphatic rings. The van der Waals surface area contributed by atoms with E-state index in [0.717, 1.165) is 23.1 Å². The first-order valence-corrected chi connectivity index (χ1v) is 6.54. The van der Waals surface area contributed by atoms with Gasteiger partial charge in [0.05, 0.1) is 6.61 Å². The quantitative estimate of drug-likeness (QED) is 0.783. The van der Waals surface area contributed by atoms with Crippen LogP contribution < -0.4 is 10.5 Å². The van der Waals surface area contributed by atoms with Gasteiger partial charge in [0.2, 0.25) is 5.88 Å². The minimum atomic E-state index is 0.455. The van der Waals surface area contributed by atoms with Crippen LogP contribution in [0.25, 0.3) is 0 Å². The van der Waals surface area contributed by atoms with Gasteiger partial charge in [-0.25, -0.2) is 4.98 Å². The number of hydrogen-bond donors (Lipinski definition) is 1. The molecule has 2 N–H and O–H groups in total. The summed E-state index contributed by atoms with van der Waals surface area (Å²) in [6.45, 7) is 3.38. The molecule has 1 heterocycles. The lowest BCUT2D eigenvalue weighted by molar-refractivity contribution is 0.290. The van der Waals surface area contributed by atoms with E-state index in [1.807, 2.05) is 6.07 Å². The van der Waals surface area contributed by atoms with Crippen molar-refractivity contribution in [3.8, 4) is 5.88 Å². The number of ether oxygens (including phenoxy) is 1. The third kappa shape index (κ3) is 4.49. The molecule has 0 fully saturated rings. The topological polar surface area (TPSA) is 48.1 Å². The van der Waals surface area contributed by atoms with Gasteiger partial charge < -0.3 is 10.5 Å². The van der Waals surface area contributed by atoms with Crippen LogP contribution in [0.4, 0.5) is 0 Å². The molecule has 0 aliphatic carbocycles. The number of nitrogens with two attached hydrogens (primary N) is 1. The summed E-state index contributed by atoms with van der Waals surface area (Å²) < 4.78 is 6.55. The van der Waals surface area contributed by atoms with Crippen LogP contribution in [-0.2, 0) is 6.54 Å². The molecule has 0 bridgehead atoms. The maximum atomic E-state index is 5.63. The number of aromatic nitrogens is 1. The number of nitrogens with zero attached hydrogens (tertiary/aromatic N) is 1. The largest absolute Gasteiger partial charge is 0.477 e. The molecule has 0 aromatic carbocycles. The number of rotatable bonds is 7. The van der Waals surface area contributed by atoms with E-state index in [0.29, 0.717) is 12.4 Å². The van der Waals surface area contributed by atoms with E-state index in [2.05, 4.69) is 27.8 Å². The van der Waals surface area contributed by atoms with Crippen molar-refractivity contribution in [3.63, 3.8) is 0 Å². The summed E-state index contributed by atoms with van der Waals surface area (Å²) in [7, 11) is 0. The molecule has 16 heavy (non-hydrogen) atoms. The number of unbranched alkanes of at least 4 members (excludes halogenated alkanes) is 3. The van der Waals surface area contributed by atoms with Crippen LogP contribution in [0.1, 0.15) is 38.2 Å². The SMILES string of the molecule is CCCCCCOc1ncc(Br)cc1CN. The highest BCUT2D eigenvalue weighted by Crippen LogP contribution is 2.19. The second-order valence-electron chi connectivity index (χ2n) is 3.73. The van der Waals surface area contributed by atoms with Crippen LogP contribution in [0.2, 0.25) is 0 Å². The van der Waals surface area contributed by atoms with Gasteiger partial charge in [-0.2, -0.15) is 0 Å². The van der Waals surface area contributed by atoms with Crippen molar-refractivity contribution < 1.29 is 4.74 Å². The van der Waals surface area contributed by atoms with Crippen molar-refractivity contribution in [2.24, 2.45) is 5.73 Å². The predicted molar refractivity (Wildman–Crippen MR) is 69.5 cm³/mol. The Labute approximate surface area is 106 Å². The molecule has 0 unspecified atom stereocenters. The lowest BCUT2D eigenvalue weighted by Gasteiger charge is -2.09. The van der Waals surface area contributed by atoms with Gasteiger partial charge in [-0.05, 0) is 28.4 Å². The molecule has 0 aliphatic heterocycles. The molecule has 0 saturated carbocycles. The highest BCUT2D eigenvalue weighted by atomic mass is 79.9. The summed E-state index contributed by atoms with van der Waals surface area (Å²) >= 11 is 3.37. The zero-order chi connectivity index (χ0) is 11.8. The van der Waals surface area contributed by atoms with E-state index in [4.69, 9.17) is 10.5 Å². The minimum absolute atomic E-state index is 0.455. The van der Waals surface area contributed by atoms with E-state index < -0.39 is 0 Å². The average molecular weight is 287 g/mol. The molecule has 0 radical (unpaired) electrons. The van der Waals surface area contributed by atoms with Gasteiger partial charge in [-0.3, -0.25) is 0 Å². The predicted octanol–water partition coefficient (Wildman–Crippen LogP) is 3.26. The van der Waals surface area contributed by atoms with Gasteiger partial charge in [-0.1, -0.05) is 26.2 Å². The molecule has 1 aromatic rings. The van der Waals surface area contributed by atoms with Crippen molar-refractivity contribution in [2.45, 2.75) is 39.2 Å². The third-order valence-corrected chi connectivity index (χ3v) is 2.78. The molecule has 3 nitrogen and oxygen atoms in total. The lowest BCUT2D eigenvalue weighted by atomic mass is 10.2. The Kier molecular flexibility index (Phi) is 6.42. The van der Waals surface area contributed by atoms with Gasteiger partial charge in [0.15, 0.2) is 0 Å². The van der Waals surface area contributed by atoms with E-state index >= 15 is 0 Å². The first-order valence-electron chi connectivity index (χ1n) is 5.75. The van der Waals surface area contributed by atoms with E-state index in [1.165, 1.54) is 19.3 Å². The fourth-order valence-corrected chi connectivity index (χ4v) is 1.82. The lowest BCUT2D eigenvalue weighted by Crippen LogP contribution is -2.05. The first-order chi connectivity index (χ1) is 7.77. The number of halogens is 1. The number of hydrogen-bond acceptors (Lipinski definition) is 3. The summed E-state index contributed by atoms with van der Waals surface area (Å²) in [5, 5.41) is 0. The molecule has 0 saturated heterocycles. The smallest absolute Gasteiger partial charge is 0.217 e. The van der Waals surface area contributed by atoms with Crippen molar-refractivity contribution in [2.75, 3.05) is 6.61 Å². The zero-order valence-electron chi connectivity index (χ0n) is 9.71. The van der Waals surface area contributed by atoms with Crippen LogP contribution in [0.5, 0.6) is 5.88 Å². The standard InChI is InChI=1S/C12H19BrN2O/c1-2-3-4-5-6-16-12-10(8-14)7-11(13)9-15-12/h7,9H,2-6,8,14H2,1H3. The second-order valence-corrected chi connectivity index (χ2v) is 4.65. The van der Waals surface area contributed by atoms with Crippen LogP contribution in [0, 0.1) is 0 Å². The fraction of sp³-hybridized carbons (Fsp3) is 0.583. The minimum Gasteiger partial charge on any atom is -0.477 e. The molecule has 0 spiro atoms. The molecular formula is C12H19BrN2O. The van der Waals surface area contributed by atoms with Crippen LogP contribution in [-0.4, -0.2) is 11.6 Å². The Morgan fingerprint density at radius 2 is 2.19 bits per heavy atom. The summed E-state index contributed by atoms with van der Waals surface area (Å²) in [6, 6.07) is 1.95. The zero-order valence-corrected chi connectivity index (χ0v) is 11.3. The highest BCUT2D eigenvalue weighted by molar-refractivity contribution is 9.10. The first kappa shape index (κ1) is 13.5. The normalized spacial score (nSPS) is 10.4. The van der Waals surface area contributed by atoms with Crippen molar-refractivity contribution in [1.82, 2.24) is 4.98 Å². The highest BCUT2D eigenvalue weighted by Gasteiger charge is 2.04. The molecule has 90 valence electrons. The van der Waals surface area contributed by atoms with Gasteiger partial charge in [0.1, 0.15) is 0 Å². The second kappa shape index (κ2) is 7.63. The summed E-state index contributed by atoms with van der Waals surface area (Å²) in [4.78, 5) is 4.22. The maximum absolute atomic E-state index is 5.63. The Bertz CT molecular complexity index is 318. The molecule has 4 heteroatoms. The number of pyridine rings is 1. The molecule has 1 aromatic heterocycles. The van der Waals surface area contributed by atoms with Gasteiger partial charge in [0, 0.05) is 22.8 Å². The fourth-order valence-electron chi connectivity index (χ4n) is 1.44. The maximum Gasteiger partial charge on any atom is 0.217 e. The van der Waals surface area contributed by atoms with Crippen molar-refractivity contribution in [1.29, 1.82) is 0 Å². The van der Waals surface area contributed by atoms with Gasteiger partial charge >= 0.3 is 0 Å². The van der Waals surface area contributed by atoms with Crippen molar-refractivity contribution in [3.05, 3.63) is 22.3 Å². The van der Waals surface area contributed by atoms with E-state index in [-0.39, 0.29) is 0 Å².